The Labute approximate surface area is 75.5 Å². The highest BCUT2D eigenvalue weighted by atomic mass is 127. The Morgan fingerprint density at radius 2 is 2.12 bits per heavy atom. The van der Waals surface area contributed by atoms with Gasteiger partial charge in [0.2, 0.25) is 1.61 Å². The van der Waals surface area contributed by atoms with Crippen molar-refractivity contribution in [2.45, 2.75) is 21.4 Å². The molecule has 50 valence electrons. The van der Waals surface area contributed by atoms with E-state index in [0.29, 0.717) is 0 Å². The maximum atomic E-state index is 11.4. The van der Waals surface area contributed by atoms with Crippen molar-refractivity contribution in [2.75, 3.05) is 0 Å². The third kappa shape index (κ3) is 4.25. The maximum Gasteiger partial charge on any atom is 0.209 e. The van der Waals surface area contributed by atoms with Crippen LogP contribution in [0.5, 0.6) is 0 Å². The highest BCUT2D eigenvalue weighted by Gasteiger charge is 2.22. The summed E-state index contributed by atoms with van der Waals surface area (Å²) in [6.07, 6.45) is 1.68. The van der Waals surface area contributed by atoms with E-state index in [-0.39, 0.29) is 0 Å². The van der Waals surface area contributed by atoms with E-state index >= 15 is 0 Å². The topological polar surface area (TPSA) is 9.23 Å². The SMILES string of the molecule is CCCC(I)(I)OF. The Hall–Kier alpha value is 1.35. The molecule has 0 bridgehead atoms. The van der Waals surface area contributed by atoms with Gasteiger partial charge in [0, 0.05) is 0 Å². The molecule has 0 atom stereocenters. The second kappa shape index (κ2) is 4.21. The molecule has 0 aromatic heterocycles. The first-order valence-electron chi connectivity index (χ1n) is 2.30. The molecule has 0 N–H and O–H groups in total. The molecule has 0 aliphatic carbocycles. The van der Waals surface area contributed by atoms with Gasteiger partial charge in [-0.2, -0.15) is 4.94 Å². The lowest BCUT2D eigenvalue weighted by Crippen LogP contribution is -2.09. The van der Waals surface area contributed by atoms with E-state index in [1.807, 2.05) is 52.1 Å². The zero-order valence-electron chi connectivity index (χ0n) is 4.46. The van der Waals surface area contributed by atoms with Crippen LogP contribution in [0.1, 0.15) is 19.8 Å². The van der Waals surface area contributed by atoms with Crippen molar-refractivity contribution in [1.82, 2.24) is 0 Å². The van der Waals surface area contributed by atoms with Gasteiger partial charge < -0.3 is 0 Å². The van der Waals surface area contributed by atoms with Crippen molar-refractivity contribution in [2.24, 2.45) is 0 Å². The predicted octanol–water partition coefficient (Wildman–Crippen LogP) is 3.21. The van der Waals surface area contributed by atoms with Gasteiger partial charge in [0.15, 0.2) is 0 Å². The molecule has 4 heteroatoms. The molecule has 0 rings (SSSR count). The molecule has 0 aliphatic rings. The summed E-state index contributed by atoms with van der Waals surface area (Å²) in [5.74, 6) is 0. The first-order valence-corrected chi connectivity index (χ1v) is 4.45. The van der Waals surface area contributed by atoms with Crippen LogP contribution in [-0.4, -0.2) is 1.61 Å². The Balaban J connectivity index is 3.37. The van der Waals surface area contributed by atoms with Crippen LogP contribution < -0.4 is 0 Å². The summed E-state index contributed by atoms with van der Waals surface area (Å²) in [5.41, 5.74) is 0. The van der Waals surface area contributed by atoms with Gasteiger partial charge in [-0.3, -0.25) is 0 Å². The van der Waals surface area contributed by atoms with Crippen LogP contribution >= 0.6 is 45.2 Å². The minimum absolute atomic E-state index is 0.635. The van der Waals surface area contributed by atoms with Crippen molar-refractivity contribution in [3.63, 3.8) is 0 Å². The van der Waals surface area contributed by atoms with Crippen LogP contribution in [0.3, 0.4) is 0 Å². The molecular formula is C4H7FI2O. The number of hydrogen-bond acceptors (Lipinski definition) is 1. The first kappa shape index (κ1) is 9.35. The van der Waals surface area contributed by atoms with Crippen LogP contribution in [-0.2, 0) is 4.94 Å². The minimum atomic E-state index is -0.635. The van der Waals surface area contributed by atoms with Crippen LogP contribution in [0, 0.1) is 0 Å². The normalized spacial score (nSPS) is 12.0. The van der Waals surface area contributed by atoms with Crippen LogP contribution in [0.2, 0.25) is 0 Å². The summed E-state index contributed by atoms with van der Waals surface area (Å²) in [5, 5.41) is 0. The van der Waals surface area contributed by atoms with Crippen molar-refractivity contribution in [3.8, 4) is 0 Å². The fourth-order valence-electron chi connectivity index (χ4n) is 0.330. The van der Waals surface area contributed by atoms with Crippen molar-refractivity contribution in [1.29, 1.82) is 0 Å². The minimum Gasteiger partial charge on any atom is -0.166 e. The van der Waals surface area contributed by atoms with E-state index in [4.69, 9.17) is 0 Å². The molecule has 0 saturated carbocycles. The molecule has 0 spiro atoms. The van der Waals surface area contributed by atoms with E-state index in [2.05, 4.69) is 4.94 Å². The molecular weight excluding hydrogens is 337 g/mol. The molecule has 0 aliphatic heterocycles. The molecule has 0 amide bonds. The molecule has 8 heavy (non-hydrogen) atoms. The second-order valence-corrected chi connectivity index (χ2v) is 7.01. The summed E-state index contributed by atoms with van der Waals surface area (Å²) in [7, 11) is 0. The van der Waals surface area contributed by atoms with E-state index in [0.717, 1.165) is 12.8 Å². The monoisotopic (exact) mass is 344 g/mol. The molecule has 0 aromatic carbocycles. The number of halogens is 3. The Bertz CT molecular complexity index is 67.1. The largest absolute Gasteiger partial charge is 0.209 e. The van der Waals surface area contributed by atoms with Crippen molar-refractivity contribution in [3.05, 3.63) is 0 Å². The smallest absolute Gasteiger partial charge is 0.166 e. The lowest BCUT2D eigenvalue weighted by atomic mass is 10.4. The Kier molecular flexibility index (Phi) is 4.92. The Morgan fingerprint density at radius 1 is 1.62 bits per heavy atom. The average molecular weight is 344 g/mol. The molecule has 0 saturated heterocycles. The fraction of sp³-hybridized carbons (Fsp3) is 1.00. The highest BCUT2D eigenvalue weighted by molar-refractivity contribution is 14.2. The summed E-state index contributed by atoms with van der Waals surface area (Å²) in [4.78, 5) is 3.65. The van der Waals surface area contributed by atoms with Crippen molar-refractivity contribution < 1.29 is 9.47 Å². The number of rotatable bonds is 3. The molecule has 0 unspecified atom stereocenters. The van der Waals surface area contributed by atoms with Gasteiger partial charge in [0.25, 0.3) is 0 Å². The van der Waals surface area contributed by atoms with Gasteiger partial charge >= 0.3 is 0 Å². The fourth-order valence-corrected chi connectivity index (χ4v) is 1.41. The Morgan fingerprint density at radius 3 is 2.25 bits per heavy atom. The maximum absolute atomic E-state index is 11.4. The highest BCUT2D eigenvalue weighted by Crippen LogP contribution is 2.34. The zero-order valence-corrected chi connectivity index (χ0v) is 8.77. The third-order valence-electron chi connectivity index (χ3n) is 0.654. The van der Waals surface area contributed by atoms with E-state index in [1.54, 1.807) is 0 Å². The van der Waals surface area contributed by atoms with E-state index < -0.39 is 1.61 Å². The van der Waals surface area contributed by atoms with Gasteiger partial charge in [-0.1, -0.05) is 13.3 Å². The zero-order chi connectivity index (χ0) is 6.62. The van der Waals surface area contributed by atoms with Gasteiger partial charge in [0.1, 0.15) is 0 Å². The summed E-state index contributed by atoms with van der Waals surface area (Å²) >= 11 is 3.86. The predicted molar refractivity (Wildman–Crippen MR) is 47.9 cm³/mol. The molecule has 0 aromatic rings. The number of hydrogen-bond donors (Lipinski definition) is 0. The van der Waals surface area contributed by atoms with E-state index in [1.165, 1.54) is 0 Å². The standard InChI is InChI=1S/C4H7FI2O/c1-2-3-4(6,7)8-5/h2-3H2,1H3. The summed E-state index contributed by atoms with van der Waals surface area (Å²) < 4.78 is 10.8. The number of alkyl halides is 2. The average Bonchev–Trinajstić information content (AvgIpc) is 1.67. The lowest BCUT2D eigenvalue weighted by molar-refractivity contribution is -0.148. The lowest BCUT2D eigenvalue weighted by Gasteiger charge is -2.11. The summed E-state index contributed by atoms with van der Waals surface area (Å²) in [6, 6.07) is 0. The van der Waals surface area contributed by atoms with Gasteiger partial charge in [0.05, 0.1) is 0 Å². The van der Waals surface area contributed by atoms with Crippen molar-refractivity contribution >= 4 is 45.2 Å². The summed E-state index contributed by atoms with van der Waals surface area (Å²) in [6.45, 7) is 1.99. The van der Waals surface area contributed by atoms with Gasteiger partial charge in [-0.25, -0.2) is 0 Å². The van der Waals surface area contributed by atoms with Crippen LogP contribution in [0.4, 0.5) is 4.53 Å². The molecule has 1 nitrogen and oxygen atoms in total. The second-order valence-electron chi connectivity index (χ2n) is 1.46. The van der Waals surface area contributed by atoms with Gasteiger partial charge in [-0.15, -0.1) is 0 Å². The van der Waals surface area contributed by atoms with E-state index in [9.17, 15) is 4.53 Å². The molecule has 0 heterocycles. The quantitative estimate of drug-likeness (QED) is 0.565. The third-order valence-corrected chi connectivity index (χ3v) is 2.07. The van der Waals surface area contributed by atoms with Crippen LogP contribution in [0.15, 0.2) is 0 Å². The van der Waals surface area contributed by atoms with Crippen LogP contribution in [0.25, 0.3) is 0 Å². The van der Waals surface area contributed by atoms with Gasteiger partial charge in [-0.05, 0) is 56.1 Å². The molecule has 0 radical (unpaired) electrons. The first-order chi connectivity index (χ1) is 3.62. The molecule has 0 fully saturated rings.